The van der Waals surface area contributed by atoms with Crippen molar-refractivity contribution in [1.29, 1.82) is 0 Å². The van der Waals surface area contributed by atoms with Crippen LogP contribution in [0.25, 0.3) is 0 Å². The van der Waals surface area contributed by atoms with E-state index in [0.717, 1.165) is 36.0 Å². The van der Waals surface area contributed by atoms with Crippen LogP contribution in [0.3, 0.4) is 0 Å². The molecule has 1 atom stereocenters. The Kier molecular flexibility index (Phi) is 3.97. The average molecular weight is 248 g/mol. The molecule has 4 heteroatoms. The van der Waals surface area contributed by atoms with Gasteiger partial charge in [-0.1, -0.05) is 12.1 Å². The molecule has 96 valence electrons. The molecule has 4 nitrogen and oxygen atoms in total. The number of aryl methyl sites for hydroxylation is 1. The van der Waals surface area contributed by atoms with Crippen molar-refractivity contribution >= 4 is 12.3 Å². The Balaban J connectivity index is 2.12. The molecule has 2 rings (SSSR count). The van der Waals surface area contributed by atoms with E-state index >= 15 is 0 Å². The van der Waals surface area contributed by atoms with E-state index in [9.17, 15) is 9.59 Å². The van der Waals surface area contributed by atoms with E-state index in [1.807, 2.05) is 18.2 Å². The molecule has 0 spiro atoms. The zero-order valence-corrected chi connectivity index (χ0v) is 10.3. The zero-order chi connectivity index (χ0) is 13.0. The molecule has 0 bridgehead atoms. The minimum absolute atomic E-state index is 0.0385. The van der Waals surface area contributed by atoms with Gasteiger partial charge in [-0.2, -0.15) is 0 Å². The topological polar surface area (TPSA) is 52.6 Å². The Labute approximate surface area is 106 Å². The highest BCUT2D eigenvalue weighted by atomic mass is 16.5. The van der Waals surface area contributed by atoms with E-state index in [0.29, 0.717) is 6.42 Å². The first-order chi connectivity index (χ1) is 8.72. The maximum atomic E-state index is 11.2. The number of esters is 1. The SMILES string of the molecule is COC(=O)Cc1ccc2c(c1)OC(CC=O)CC2. The maximum absolute atomic E-state index is 11.2. The third kappa shape index (κ3) is 2.88. The van der Waals surface area contributed by atoms with Gasteiger partial charge in [0.25, 0.3) is 0 Å². The second-order valence-electron chi connectivity index (χ2n) is 4.38. The fourth-order valence-electron chi connectivity index (χ4n) is 2.09. The summed E-state index contributed by atoms with van der Waals surface area (Å²) in [6.45, 7) is 0. The van der Waals surface area contributed by atoms with E-state index in [1.54, 1.807) is 0 Å². The third-order valence-electron chi connectivity index (χ3n) is 3.10. The second kappa shape index (κ2) is 5.67. The lowest BCUT2D eigenvalue weighted by atomic mass is 9.98. The summed E-state index contributed by atoms with van der Waals surface area (Å²) in [5.41, 5.74) is 2.00. The summed E-state index contributed by atoms with van der Waals surface area (Å²) in [6.07, 6.45) is 3.28. The van der Waals surface area contributed by atoms with Gasteiger partial charge in [-0.3, -0.25) is 4.79 Å². The first-order valence-electron chi connectivity index (χ1n) is 6.02. The predicted molar refractivity (Wildman–Crippen MR) is 65.6 cm³/mol. The number of ether oxygens (including phenoxy) is 2. The van der Waals surface area contributed by atoms with Gasteiger partial charge in [0.2, 0.25) is 0 Å². The van der Waals surface area contributed by atoms with E-state index in [1.165, 1.54) is 7.11 Å². The van der Waals surface area contributed by atoms with Crippen molar-refractivity contribution in [2.45, 2.75) is 31.8 Å². The third-order valence-corrected chi connectivity index (χ3v) is 3.10. The minimum Gasteiger partial charge on any atom is -0.490 e. The Bertz CT molecular complexity index is 453. The molecule has 1 aromatic rings. The van der Waals surface area contributed by atoms with Crippen molar-refractivity contribution in [3.63, 3.8) is 0 Å². The first-order valence-corrected chi connectivity index (χ1v) is 6.02. The minimum atomic E-state index is -0.268. The Hall–Kier alpha value is -1.84. The molecule has 0 radical (unpaired) electrons. The maximum Gasteiger partial charge on any atom is 0.309 e. The summed E-state index contributed by atoms with van der Waals surface area (Å²) in [6, 6.07) is 5.76. The largest absolute Gasteiger partial charge is 0.490 e. The summed E-state index contributed by atoms with van der Waals surface area (Å²) < 4.78 is 10.4. The lowest BCUT2D eigenvalue weighted by Crippen LogP contribution is -2.23. The van der Waals surface area contributed by atoms with Crippen molar-refractivity contribution in [3.05, 3.63) is 29.3 Å². The second-order valence-corrected chi connectivity index (χ2v) is 4.38. The number of rotatable bonds is 4. The predicted octanol–water partition coefficient (Wildman–Crippen LogP) is 1.68. The van der Waals surface area contributed by atoms with Crippen LogP contribution in [0.1, 0.15) is 24.0 Å². The van der Waals surface area contributed by atoms with E-state index in [2.05, 4.69) is 4.74 Å². The summed E-state index contributed by atoms with van der Waals surface area (Å²) >= 11 is 0. The van der Waals surface area contributed by atoms with Gasteiger partial charge < -0.3 is 14.3 Å². The van der Waals surface area contributed by atoms with Gasteiger partial charge in [-0.25, -0.2) is 0 Å². The molecule has 1 unspecified atom stereocenters. The molecule has 1 heterocycles. The Morgan fingerprint density at radius 1 is 1.56 bits per heavy atom. The number of methoxy groups -OCH3 is 1. The summed E-state index contributed by atoms with van der Waals surface area (Å²) in [4.78, 5) is 21.7. The molecular formula is C14H16O4. The highest BCUT2D eigenvalue weighted by Gasteiger charge is 2.19. The van der Waals surface area contributed by atoms with Crippen LogP contribution in [-0.2, 0) is 27.2 Å². The summed E-state index contributed by atoms with van der Waals surface area (Å²) in [7, 11) is 1.37. The molecule has 1 aromatic carbocycles. The Morgan fingerprint density at radius 2 is 2.39 bits per heavy atom. The van der Waals surface area contributed by atoms with Crippen LogP contribution in [0.15, 0.2) is 18.2 Å². The molecule has 0 amide bonds. The van der Waals surface area contributed by atoms with Crippen molar-refractivity contribution < 1.29 is 19.1 Å². The van der Waals surface area contributed by atoms with E-state index in [4.69, 9.17) is 4.74 Å². The smallest absolute Gasteiger partial charge is 0.309 e. The van der Waals surface area contributed by atoms with Crippen molar-refractivity contribution in [2.75, 3.05) is 7.11 Å². The molecule has 0 saturated heterocycles. The van der Waals surface area contributed by atoms with Crippen molar-refractivity contribution in [2.24, 2.45) is 0 Å². The van der Waals surface area contributed by atoms with Crippen LogP contribution in [0, 0.1) is 0 Å². The molecule has 0 fully saturated rings. The lowest BCUT2D eigenvalue weighted by Gasteiger charge is -2.25. The molecule has 18 heavy (non-hydrogen) atoms. The number of fused-ring (bicyclic) bond motifs is 1. The van der Waals surface area contributed by atoms with Crippen molar-refractivity contribution in [1.82, 2.24) is 0 Å². The number of aldehydes is 1. The lowest BCUT2D eigenvalue weighted by molar-refractivity contribution is -0.139. The highest BCUT2D eigenvalue weighted by molar-refractivity contribution is 5.72. The highest BCUT2D eigenvalue weighted by Crippen LogP contribution is 2.29. The summed E-state index contributed by atoms with van der Waals surface area (Å²) in [5.74, 6) is 0.518. The van der Waals surface area contributed by atoms with Crippen LogP contribution in [0.5, 0.6) is 5.75 Å². The fraction of sp³-hybridized carbons (Fsp3) is 0.429. The molecule has 0 N–H and O–H groups in total. The number of carbonyl (C=O) groups is 2. The van der Waals surface area contributed by atoms with Gasteiger partial charge in [-0.15, -0.1) is 0 Å². The molecule has 0 saturated carbocycles. The van der Waals surface area contributed by atoms with Gasteiger partial charge in [0, 0.05) is 6.42 Å². The fourth-order valence-corrected chi connectivity index (χ4v) is 2.09. The summed E-state index contributed by atoms with van der Waals surface area (Å²) in [5, 5.41) is 0. The normalized spacial score (nSPS) is 17.5. The average Bonchev–Trinajstić information content (AvgIpc) is 2.38. The van der Waals surface area contributed by atoms with Crippen LogP contribution in [0.4, 0.5) is 0 Å². The quantitative estimate of drug-likeness (QED) is 0.601. The molecule has 1 aliphatic rings. The van der Waals surface area contributed by atoms with Crippen LogP contribution >= 0.6 is 0 Å². The number of benzene rings is 1. The number of hydrogen-bond acceptors (Lipinski definition) is 4. The van der Waals surface area contributed by atoms with Crippen LogP contribution < -0.4 is 4.74 Å². The standard InChI is InChI=1S/C14H16O4/c1-17-14(16)9-10-2-3-11-4-5-12(6-7-15)18-13(11)8-10/h2-3,7-8,12H,4-6,9H2,1H3. The molecule has 0 aromatic heterocycles. The van der Waals surface area contributed by atoms with Gasteiger partial charge >= 0.3 is 5.97 Å². The van der Waals surface area contributed by atoms with Gasteiger partial charge in [0.1, 0.15) is 18.1 Å². The van der Waals surface area contributed by atoms with Gasteiger partial charge in [-0.05, 0) is 30.0 Å². The molecular weight excluding hydrogens is 232 g/mol. The van der Waals surface area contributed by atoms with E-state index < -0.39 is 0 Å². The van der Waals surface area contributed by atoms with Crippen LogP contribution in [0.2, 0.25) is 0 Å². The molecule has 1 aliphatic heterocycles. The zero-order valence-electron chi connectivity index (χ0n) is 10.3. The number of carbonyl (C=O) groups excluding carboxylic acids is 2. The molecule has 0 aliphatic carbocycles. The van der Waals surface area contributed by atoms with E-state index in [-0.39, 0.29) is 18.5 Å². The van der Waals surface area contributed by atoms with Gasteiger partial charge in [0.15, 0.2) is 0 Å². The monoisotopic (exact) mass is 248 g/mol. The van der Waals surface area contributed by atoms with Gasteiger partial charge in [0.05, 0.1) is 13.5 Å². The van der Waals surface area contributed by atoms with Crippen molar-refractivity contribution in [3.8, 4) is 5.75 Å². The van der Waals surface area contributed by atoms with Crippen LogP contribution in [-0.4, -0.2) is 25.5 Å². The number of hydrogen-bond donors (Lipinski definition) is 0. The Morgan fingerprint density at radius 3 is 3.11 bits per heavy atom. The first kappa shape index (κ1) is 12.6.